The molecule has 0 atom stereocenters. The zero-order valence-electron chi connectivity index (χ0n) is 25.1. The van der Waals surface area contributed by atoms with Gasteiger partial charge in [-0.3, -0.25) is 0 Å². The molecule has 0 bridgehead atoms. The van der Waals surface area contributed by atoms with Crippen molar-refractivity contribution in [3.05, 3.63) is 176 Å². The zero-order chi connectivity index (χ0) is 30.5. The summed E-state index contributed by atoms with van der Waals surface area (Å²) in [4.78, 5) is 2.35. The lowest BCUT2D eigenvalue weighted by Gasteiger charge is -2.27. The Morgan fingerprint density at radius 1 is 0.326 bits per heavy atom. The van der Waals surface area contributed by atoms with E-state index in [0.29, 0.717) is 0 Å². The third-order valence-corrected chi connectivity index (χ3v) is 9.05. The van der Waals surface area contributed by atoms with Crippen LogP contribution in [-0.2, 0) is 0 Å². The predicted octanol–water partition coefficient (Wildman–Crippen LogP) is 12.7. The number of para-hydroxylation sites is 2. The van der Waals surface area contributed by atoms with Gasteiger partial charge in [-0.25, -0.2) is 0 Å². The molecule has 2 nitrogen and oxygen atoms in total. The molecule has 0 saturated heterocycles. The maximum Gasteiger partial charge on any atom is 0.159 e. The van der Waals surface area contributed by atoms with Crippen LogP contribution in [-0.4, -0.2) is 0 Å². The zero-order valence-corrected chi connectivity index (χ0v) is 25.1. The van der Waals surface area contributed by atoms with Crippen LogP contribution in [0.1, 0.15) is 0 Å². The van der Waals surface area contributed by atoms with E-state index >= 15 is 0 Å². The minimum Gasteiger partial charge on any atom is -0.453 e. The molecule has 0 aliphatic carbocycles. The molecule has 8 aromatic carbocycles. The molecule has 0 aliphatic rings. The molecule has 9 rings (SSSR count). The second kappa shape index (κ2) is 10.8. The van der Waals surface area contributed by atoms with E-state index in [0.717, 1.165) is 44.4 Å². The van der Waals surface area contributed by atoms with Crippen molar-refractivity contribution in [3.8, 4) is 22.3 Å². The molecule has 1 heterocycles. The van der Waals surface area contributed by atoms with E-state index < -0.39 is 0 Å². The molecule has 0 amide bonds. The Morgan fingerprint density at radius 3 is 1.54 bits per heavy atom. The minimum absolute atomic E-state index is 0.868. The maximum absolute atomic E-state index is 6.98. The Morgan fingerprint density at radius 2 is 0.848 bits per heavy atom. The first-order valence-corrected chi connectivity index (χ1v) is 15.7. The SMILES string of the molecule is c1ccc(-c2ccc(N(c3ccccc3)c3cccc4c3oc3c5ccccc5c(-c5ccccc5)cc43)c3ccccc23)cc1. The highest BCUT2D eigenvalue weighted by Crippen LogP contribution is 2.47. The van der Waals surface area contributed by atoms with E-state index in [9.17, 15) is 0 Å². The van der Waals surface area contributed by atoms with Crippen LogP contribution in [0.2, 0.25) is 0 Å². The molecule has 2 heteroatoms. The normalized spacial score (nSPS) is 11.5. The number of hydrogen-bond acceptors (Lipinski definition) is 2. The molecule has 0 spiro atoms. The predicted molar refractivity (Wildman–Crippen MR) is 194 cm³/mol. The van der Waals surface area contributed by atoms with Crippen molar-refractivity contribution in [1.82, 2.24) is 0 Å². The van der Waals surface area contributed by atoms with Crippen molar-refractivity contribution in [3.63, 3.8) is 0 Å². The van der Waals surface area contributed by atoms with Gasteiger partial charge in [0.1, 0.15) is 5.58 Å². The first-order chi connectivity index (χ1) is 22.8. The molecule has 0 saturated carbocycles. The van der Waals surface area contributed by atoms with Gasteiger partial charge in [0.15, 0.2) is 5.58 Å². The number of rotatable bonds is 5. The van der Waals surface area contributed by atoms with Crippen molar-refractivity contribution in [2.24, 2.45) is 0 Å². The lowest BCUT2D eigenvalue weighted by Crippen LogP contribution is -2.10. The summed E-state index contributed by atoms with van der Waals surface area (Å²) >= 11 is 0. The smallest absolute Gasteiger partial charge is 0.159 e. The van der Waals surface area contributed by atoms with Gasteiger partial charge in [-0.15, -0.1) is 0 Å². The molecular formula is C44H29NO. The standard InChI is InChI=1S/C44H29NO/c1-4-15-30(16-5-1)33-27-28-41(36-23-12-10-21-34(33)36)45(32-19-8-3-9-20-32)42-26-14-25-38-40-29-39(31-17-6-2-7-18-31)35-22-11-13-24-37(35)43(40)46-44(38)42/h1-29H. The fourth-order valence-electron chi connectivity index (χ4n) is 6.97. The molecule has 216 valence electrons. The number of fused-ring (bicyclic) bond motifs is 6. The van der Waals surface area contributed by atoms with Crippen LogP contribution >= 0.6 is 0 Å². The Labute approximate surface area is 267 Å². The van der Waals surface area contributed by atoms with Gasteiger partial charge in [-0.1, -0.05) is 146 Å². The van der Waals surface area contributed by atoms with Crippen molar-refractivity contribution in [2.75, 3.05) is 4.90 Å². The van der Waals surface area contributed by atoms with E-state index in [-0.39, 0.29) is 0 Å². The Balaban J connectivity index is 1.34. The van der Waals surface area contributed by atoms with E-state index in [1.54, 1.807) is 0 Å². The van der Waals surface area contributed by atoms with Crippen LogP contribution in [0.15, 0.2) is 180 Å². The fourth-order valence-corrected chi connectivity index (χ4v) is 6.97. The van der Waals surface area contributed by atoms with Crippen molar-refractivity contribution >= 4 is 60.5 Å². The summed E-state index contributed by atoms with van der Waals surface area (Å²) in [7, 11) is 0. The van der Waals surface area contributed by atoms with Crippen LogP contribution in [0.25, 0.3) is 65.7 Å². The van der Waals surface area contributed by atoms with Crippen molar-refractivity contribution < 1.29 is 4.42 Å². The molecule has 46 heavy (non-hydrogen) atoms. The highest BCUT2D eigenvalue weighted by molar-refractivity contribution is 6.21. The highest BCUT2D eigenvalue weighted by Gasteiger charge is 2.23. The van der Waals surface area contributed by atoms with Gasteiger partial charge in [0, 0.05) is 27.2 Å². The lowest BCUT2D eigenvalue weighted by molar-refractivity contribution is 0.673. The number of benzene rings is 8. The third kappa shape index (κ3) is 4.19. The van der Waals surface area contributed by atoms with Gasteiger partial charge in [0.25, 0.3) is 0 Å². The molecule has 9 aromatic rings. The molecule has 0 N–H and O–H groups in total. The average molecular weight is 588 g/mol. The van der Waals surface area contributed by atoms with Crippen LogP contribution in [0.5, 0.6) is 0 Å². The molecule has 0 unspecified atom stereocenters. The minimum atomic E-state index is 0.868. The third-order valence-electron chi connectivity index (χ3n) is 9.05. The van der Waals surface area contributed by atoms with Gasteiger partial charge in [0.2, 0.25) is 0 Å². The maximum atomic E-state index is 6.98. The van der Waals surface area contributed by atoms with Crippen LogP contribution in [0.4, 0.5) is 17.1 Å². The second-order valence-electron chi connectivity index (χ2n) is 11.7. The van der Waals surface area contributed by atoms with Gasteiger partial charge in [-0.2, -0.15) is 0 Å². The summed E-state index contributed by atoms with van der Waals surface area (Å²) in [5, 5.41) is 6.91. The molecule has 0 fully saturated rings. The average Bonchev–Trinajstić information content (AvgIpc) is 3.52. The summed E-state index contributed by atoms with van der Waals surface area (Å²) in [6.45, 7) is 0. The summed E-state index contributed by atoms with van der Waals surface area (Å²) in [5.74, 6) is 0. The van der Waals surface area contributed by atoms with Crippen LogP contribution < -0.4 is 4.90 Å². The Kier molecular flexibility index (Phi) is 6.17. The van der Waals surface area contributed by atoms with Gasteiger partial charge in [-0.05, 0) is 63.4 Å². The summed E-state index contributed by atoms with van der Waals surface area (Å²) in [5.41, 5.74) is 9.78. The van der Waals surface area contributed by atoms with Gasteiger partial charge < -0.3 is 9.32 Å². The summed E-state index contributed by atoms with van der Waals surface area (Å²) < 4.78 is 6.98. The number of anilines is 3. The Hall–Kier alpha value is -6.12. The van der Waals surface area contributed by atoms with Crippen molar-refractivity contribution in [1.29, 1.82) is 0 Å². The number of nitrogens with zero attached hydrogens (tertiary/aromatic N) is 1. The Bertz CT molecular complexity index is 2510. The first kappa shape index (κ1) is 26.3. The second-order valence-corrected chi connectivity index (χ2v) is 11.7. The van der Waals surface area contributed by atoms with Gasteiger partial charge in [0.05, 0.1) is 11.4 Å². The van der Waals surface area contributed by atoms with Crippen LogP contribution in [0.3, 0.4) is 0 Å². The monoisotopic (exact) mass is 587 g/mol. The number of furan rings is 1. The van der Waals surface area contributed by atoms with E-state index in [1.807, 2.05) is 0 Å². The van der Waals surface area contributed by atoms with Crippen molar-refractivity contribution in [2.45, 2.75) is 0 Å². The summed E-state index contributed by atoms with van der Waals surface area (Å²) in [6, 6.07) is 62.5. The van der Waals surface area contributed by atoms with E-state index in [4.69, 9.17) is 4.42 Å². The summed E-state index contributed by atoms with van der Waals surface area (Å²) in [6.07, 6.45) is 0. The number of hydrogen-bond donors (Lipinski definition) is 0. The van der Waals surface area contributed by atoms with E-state index in [1.165, 1.54) is 38.4 Å². The van der Waals surface area contributed by atoms with Crippen LogP contribution in [0, 0.1) is 0 Å². The lowest BCUT2D eigenvalue weighted by atomic mass is 9.95. The van der Waals surface area contributed by atoms with E-state index in [2.05, 4.69) is 181 Å². The quantitative estimate of drug-likeness (QED) is 0.199. The highest BCUT2D eigenvalue weighted by atomic mass is 16.3. The molecule has 0 aliphatic heterocycles. The first-order valence-electron chi connectivity index (χ1n) is 15.7. The van der Waals surface area contributed by atoms with Gasteiger partial charge >= 0.3 is 0 Å². The topological polar surface area (TPSA) is 16.4 Å². The molecule has 0 radical (unpaired) electrons. The fraction of sp³-hybridized carbons (Fsp3) is 0. The molecular weight excluding hydrogens is 558 g/mol. The largest absolute Gasteiger partial charge is 0.453 e. The molecule has 1 aromatic heterocycles.